The van der Waals surface area contributed by atoms with Crippen LogP contribution in [-0.4, -0.2) is 27.0 Å². The third-order valence-electron chi connectivity index (χ3n) is 3.02. The summed E-state index contributed by atoms with van der Waals surface area (Å²) in [5.41, 5.74) is -0.256. The molecule has 0 aliphatic heterocycles. The highest BCUT2D eigenvalue weighted by Crippen LogP contribution is 2.27. The summed E-state index contributed by atoms with van der Waals surface area (Å²) in [6, 6.07) is 9.78. The van der Waals surface area contributed by atoms with Gasteiger partial charge in [-0.15, -0.1) is 0 Å². The van der Waals surface area contributed by atoms with E-state index in [0.717, 1.165) is 0 Å². The molecule has 0 aliphatic carbocycles. The van der Waals surface area contributed by atoms with Gasteiger partial charge >= 0.3 is 5.97 Å². The first-order valence-corrected chi connectivity index (χ1v) is 8.28. The van der Waals surface area contributed by atoms with E-state index in [4.69, 9.17) is 4.74 Å². The summed E-state index contributed by atoms with van der Waals surface area (Å²) in [6.45, 7) is 5.32. The molecule has 0 bridgehead atoms. The van der Waals surface area contributed by atoms with Crippen LogP contribution in [0.4, 0.5) is 0 Å². The molecule has 0 saturated heterocycles. The zero-order chi connectivity index (χ0) is 16.5. The standard InChI is InChI=1S/C16H19NO4S/c1-16(2,3)17-22(19,20)14-10-9-13(15(18)21-4)11-7-5-6-8-12(11)14/h5-10,17H,1-4H3. The minimum absolute atomic E-state index is 0.144. The Hall–Kier alpha value is -1.92. The van der Waals surface area contributed by atoms with Crippen molar-refractivity contribution in [2.24, 2.45) is 0 Å². The number of hydrogen-bond donors (Lipinski definition) is 1. The Kier molecular flexibility index (Phi) is 4.26. The predicted octanol–water partition coefficient (Wildman–Crippen LogP) is 2.70. The first-order chi connectivity index (χ1) is 10.2. The molecule has 0 atom stereocenters. The Morgan fingerprint density at radius 1 is 1.05 bits per heavy atom. The number of esters is 1. The molecule has 0 aromatic heterocycles. The van der Waals surface area contributed by atoms with Crippen LogP contribution in [0.3, 0.4) is 0 Å². The minimum Gasteiger partial charge on any atom is -0.465 e. The van der Waals surface area contributed by atoms with E-state index in [-0.39, 0.29) is 4.90 Å². The highest BCUT2D eigenvalue weighted by atomic mass is 32.2. The van der Waals surface area contributed by atoms with E-state index in [1.165, 1.54) is 19.2 Å². The highest BCUT2D eigenvalue weighted by molar-refractivity contribution is 7.89. The Balaban J connectivity index is 2.71. The SMILES string of the molecule is COC(=O)c1ccc(S(=O)(=O)NC(C)(C)C)c2ccccc12. The third kappa shape index (κ3) is 3.28. The van der Waals surface area contributed by atoms with E-state index in [9.17, 15) is 13.2 Å². The van der Waals surface area contributed by atoms with Crippen molar-refractivity contribution in [2.75, 3.05) is 7.11 Å². The molecule has 118 valence electrons. The quantitative estimate of drug-likeness (QED) is 0.882. The van der Waals surface area contributed by atoms with Crippen LogP contribution in [-0.2, 0) is 14.8 Å². The van der Waals surface area contributed by atoms with Gasteiger partial charge < -0.3 is 4.74 Å². The normalized spacial score (nSPS) is 12.4. The molecule has 0 unspecified atom stereocenters. The number of sulfonamides is 1. The van der Waals surface area contributed by atoms with Gasteiger partial charge in [-0.3, -0.25) is 0 Å². The van der Waals surface area contributed by atoms with E-state index in [1.807, 2.05) is 0 Å². The fraction of sp³-hybridized carbons (Fsp3) is 0.312. The molecule has 0 aliphatic rings. The number of carbonyl (C=O) groups is 1. The van der Waals surface area contributed by atoms with E-state index < -0.39 is 21.5 Å². The van der Waals surface area contributed by atoms with Crippen LogP contribution >= 0.6 is 0 Å². The van der Waals surface area contributed by atoms with Crippen molar-refractivity contribution in [1.82, 2.24) is 4.72 Å². The van der Waals surface area contributed by atoms with Crippen molar-refractivity contribution in [3.05, 3.63) is 42.0 Å². The van der Waals surface area contributed by atoms with Crippen LogP contribution in [0.2, 0.25) is 0 Å². The molecule has 6 heteroatoms. The molecule has 0 amide bonds. The summed E-state index contributed by atoms with van der Waals surface area (Å²) in [5, 5.41) is 1.04. The first kappa shape index (κ1) is 16.5. The van der Waals surface area contributed by atoms with E-state index in [0.29, 0.717) is 16.3 Å². The van der Waals surface area contributed by atoms with Crippen molar-refractivity contribution in [1.29, 1.82) is 0 Å². The second kappa shape index (κ2) is 5.70. The summed E-state index contributed by atoms with van der Waals surface area (Å²) in [6.07, 6.45) is 0. The lowest BCUT2D eigenvalue weighted by atomic mass is 10.0. The Morgan fingerprint density at radius 3 is 2.18 bits per heavy atom. The topological polar surface area (TPSA) is 72.5 Å². The Bertz CT molecular complexity index is 820. The van der Waals surface area contributed by atoms with Crippen LogP contribution in [0.25, 0.3) is 10.8 Å². The van der Waals surface area contributed by atoms with Gasteiger partial charge in [0.25, 0.3) is 0 Å². The first-order valence-electron chi connectivity index (χ1n) is 6.80. The van der Waals surface area contributed by atoms with Gasteiger partial charge in [-0.25, -0.2) is 17.9 Å². The summed E-state index contributed by atoms with van der Waals surface area (Å²) < 4.78 is 32.5. The van der Waals surface area contributed by atoms with Gasteiger partial charge in [-0.1, -0.05) is 24.3 Å². The average Bonchev–Trinajstić information content (AvgIpc) is 2.42. The zero-order valence-corrected chi connectivity index (χ0v) is 13.8. The van der Waals surface area contributed by atoms with Crippen LogP contribution < -0.4 is 4.72 Å². The lowest BCUT2D eigenvalue weighted by Crippen LogP contribution is -2.40. The zero-order valence-electron chi connectivity index (χ0n) is 13.0. The lowest BCUT2D eigenvalue weighted by molar-refractivity contribution is 0.0603. The van der Waals surface area contributed by atoms with Gasteiger partial charge in [0.1, 0.15) is 0 Å². The monoisotopic (exact) mass is 321 g/mol. The number of methoxy groups -OCH3 is 1. The molecule has 22 heavy (non-hydrogen) atoms. The van der Waals surface area contributed by atoms with Crippen LogP contribution in [0.15, 0.2) is 41.3 Å². The van der Waals surface area contributed by atoms with Gasteiger partial charge in [0.2, 0.25) is 10.0 Å². The van der Waals surface area contributed by atoms with Crippen molar-refractivity contribution >= 4 is 26.8 Å². The molecule has 0 fully saturated rings. The number of ether oxygens (including phenoxy) is 1. The molecular weight excluding hydrogens is 302 g/mol. The highest BCUT2D eigenvalue weighted by Gasteiger charge is 2.25. The average molecular weight is 321 g/mol. The second-order valence-corrected chi connectivity index (χ2v) is 7.65. The van der Waals surface area contributed by atoms with Gasteiger partial charge in [-0.05, 0) is 38.3 Å². The third-order valence-corrected chi connectivity index (χ3v) is 4.84. The fourth-order valence-corrected chi connectivity index (χ4v) is 3.88. The number of hydrogen-bond acceptors (Lipinski definition) is 4. The van der Waals surface area contributed by atoms with Crippen LogP contribution in [0.1, 0.15) is 31.1 Å². The molecule has 0 radical (unpaired) electrons. The molecule has 1 N–H and O–H groups in total. The molecular formula is C16H19NO4S. The Morgan fingerprint density at radius 2 is 1.64 bits per heavy atom. The van der Waals surface area contributed by atoms with Crippen LogP contribution in [0.5, 0.6) is 0 Å². The smallest absolute Gasteiger partial charge is 0.338 e. The van der Waals surface area contributed by atoms with Gasteiger partial charge in [0.15, 0.2) is 0 Å². The summed E-state index contributed by atoms with van der Waals surface area (Å²) in [7, 11) is -2.40. The van der Waals surface area contributed by atoms with Crippen molar-refractivity contribution < 1.29 is 17.9 Å². The molecule has 5 nitrogen and oxygen atoms in total. The van der Waals surface area contributed by atoms with E-state index in [2.05, 4.69) is 4.72 Å². The van der Waals surface area contributed by atoms with Gasteiger partial charge in [-0.2, -0.15) is 0 Å². The number of carbonyl (C=O) groups excluding carboxylic acids is 1. The largest absolute Gasteiger partial charge is 0.465 e. The number of nitrogens with one attached hydrogen (secondary N) is 1. The molecule has 0 spiro atoms. The minimum atomic E-state index is -3.70. The van der Waals surface area contributed by atoms with Crippen molar-refractivity contribution in [3.8, 4) is 0 Å². The van der Waals surface area contributed by atoms with E-state index >= 15 is 0 Å². The predicted molar refractivity (Wildman–Crippen MR) is 85.4 cm³/mol. The molecule has 2 aromatic rings. The molecule has 2 aromatic carbocycles. The van der Waals surface area contributed by atoms with Crippen molar-refractivity contribution in [2.45, 2.75) is 31.2 Å². The Labute approximate surface area is 130 Å². The van der Waals surface area contributed by atoms with Crippen molar-refractivity contribution in [3.63, 3.8) is 0 Å². The van der Waals surface area contributed by atoms with E-state index in [1.54, 1.807) is 45.0 Å². The molecule has 0 saturated carbocycles. The lowest BCUT2D eigenvalue weighted by Gasteiger charge is -2.21. The maximum absolute atomic E-state index is 12.6. The number of fused-ring (bicyclic) bond motifs is 1. The fourth-order valence-electron chi connectivity index (χ4n) is 2.25. The maximum Gasteiger partial charge on any atom is 0.338 e. The summed E-state index contributed by atoms with van der Waals surface area (Å²) in [4.78, 5) is 12.0. The molecule has 0 heterocycles. The van der Waals surface area contributed by atoms with Gasteiger partial charge in [0, 0.05) is 10.9 Å². The maximum atomic E-state index is 12.6. The summed E-state index contributed by atoms with van der Waals surface area (Å²) in [5.74, 6) is -0.496. The number of benzene rings is 2. The number of rotatable bonds is 3. The molecule has 2 rings (SSSR count). The van der Waals surface area contributed by atoms with Crippen LogP contribution in [0, 0.1) is 0 Å². The second-order valence-electron chi connectivity index (χ2n) is 6.00. The van der Waals surface area contributed by atoms with Gasteiger partial charge in [0.05, 0.1) is 17.6 Å². The summed E-state index contributed by atoms with van der Waals surface area (Å²) >= 11 is 0.